The van der Waals surface area contributed by atoms with E-state index in [0.29, 0.717) is 5.69 Å². The number of benzene rings is 2. The number of carboxylic acids is 1. The van der Waals surface area contributed by atoms with Gasteiger partial charge in [0.1, 0.15) is 5.75 Å². The van der Waals surface area contributed by atoms with E-state index in [4.69, 9.17) is 9.84 Å². The zero-order valence-electron chi connectivity index (χ0n) is 13.8. The summed E-state index contributed by atoms with van der Waals surface area (Å²) in [6.07, 6.45) is 1.33. The Morgan fingerprint density at radius 1 is 1.19 bits per heavy atom. The summed E-state index contributed by atoms with van der Waals surface area (Å²) < 4.78 is 8.72. The first-order chi connectivity index (χ1) is 12.4. The van der Waals surface area contributed by atoms with Crippen molar-refractivity contribution < 1.29 is 24.4 Å². The van der Waals surface area contributed by atoms with Crippen LogP contribution in [0.15, 0.2) is 42.5 Å². The van der Waals surface area contributed by atoms with Crippen LogP contribution in [-0.4, -0.2) is 28.0 Å². The molecule has 8 nitrogen and oxygen atoms in total. The number of nitrogens with one attached hydrogen (secondary N) is 1. The highest BCUT2D eigenvalue weighted by Crippen LogP contribution is 2.35. The number of nitro groups is 1. The number of carboxylic acid groups (broad SMARTS) is 1. The quantitative estimate of drug-likeness (QED) is 0.290. The van der Waals surface area contributed by atoms with Crippen molar-refractivity contribution in [3.8, 4) is 11.5 Å². The van der Waals surface area contributed by atoms with Gasteiger partial charge in [-0.25, -0.2) is 0 Å². The molecule has 2 aromatic carbocycles. The van der Waals surface area contributed by atoms with Gasteiger partial charge >= 0.3 is 5.97 Å². The molecule has 0 aromatic heterocycles. The number of nitro benzene ring substituents is 1. The first-order valence-electron chi connectivity index (χ1n) is 7.51. The van der Waals surface area contributed by atoms with Gasteiger partial charge in [0, 0.05) is 18.7 Å². The van der Waals surface area contributed by atoms with Crippen molar-refractivity contribution in [1.29, 1.82) is 0 Å². The minimum Gasteiger partial charge on any atom is -0.481 e. The van der Waals surface area contributed by atoms with Crippen molar-refractivity contribution >= 4 is 35.1 Å². The van der Waals surface area contributed by atoms with Crippen LogP contribution >= 0.6 is 11.9 Å². The number of hydrogen-bond donors (Lipinski definition) is 2. The van der Waals surface area contributed by atoms with Crippen molar-refractivity contribution in [3.63, 3.8) is 0 Å². The van der Waals surface area contributed by atoms with E-state index in [2.05, 4.69) is 4.72 Å². The van der Waals surface area contributed by atoms with Gasteiger partial charge in [-0.05, 0) is 18.2 Å². The molecule has 0 fully saturated rings. The normalized spacial score (nSPS) is 10.2. The molecule has 0 saturated heterocycles. The topological polar surface area (TPSA) is 119 Å². The molecule has 0 unspecified atom stereocenters. The van der Waals surface area contributed by atoms with Crippen LogP contribution in [0.1, 0.15) is 23.2 Å². The van der Waals surface area contributed by atoms with E-state index in [9.17, 15) is 19.7 Å². The number of nitrogens with zero attached hydrogens (tertiary/aromatic N) is 1. The van der Waals surface area contributed by atoms with Crippen LogP contribution in [0.2, 0.25) is 0 Å². The number of non-ortho nitro benzene ring substituents is 1. The molecule has 2 N–H and O–H groups in total. The highest BCUT2D eigenvalue weighted by Gasteiger charge is 2.17. The smallest absolute Gasteiger partial charge is 0.303 e. The van der Waals surface area contributed by atoms with Crippen molar-refractivity contribution in [2.45, 2.75) is 12.8 Å². The van der Waals surface area contributed by atoms with Crippen molar-refractivity contribution in [1.82, 2.24) is 0 Å². The second-order valence-electron chi connectivity index (χ2n) is 5.16. The van der Waals surface area contributed by atoms with Crippen LogP contribution in [-0.2, 0) is 4.79 Å². The maximum Gasteiger partial charge on any atom is 0.303 e. The molecular formula is C17H16N2O6S. The monoisotopic (exact) mass is 376 g/mol. The molecule has 9 heteroatoms. The molecular weight excluding hydrogens is 360 g/mol. The molecule has 2 aromatic rings. The van der Waals surface area contributed by atoms with Gasteiger partial charge in [-0.2, -0.15) is 0 Å². The number of para-hydroxylation sites is 1. The number of carbonyl (C=O) groups is 2. The Kier molecular flexibility index (Phi) is 6.56. The van der Waals surface area contributed by atoms with E-state index >= 15 is 0 Å². The summed E-state index contributed by atoms with van der Waals surface area (Å²) in [7, 11) is 0. The average molecular weight is 376 g/mol. The summed E-state index contributed by atoms with van der Waals surface area (Å²) in [6.45, 7) is 0. The summed E-state index contributed by atoms with van der Waals surface area (Å²) in [5, 5.41) is 19.7. The van der Waals surface area contributed by atoms with E-state index in [0.717, 1.165) is 0 Å². The number of aliphatic carboxylic acids is 1. The molecule has 0 spiro atoms. The highest BCUT2D eigenvalue weighted by molar-refractivity contribution is 7.99. The second kappa shape index (κ2) is 8.86. The summed E-state index contributed by atoms with van der Waals surface area (Å²) in [5.41, 5.74) is 0.576. The number of Topliss-reactive ketones (excluding diaryl/α,β-unsaturated/α-hetero) is 1. The molecule has 2 rings (SSSR count). The fourth-order valence-electron chi connectivity index (χ4n) is 2.16. The third kappa shape index (κ3) is 4.96. The standard InChI is InChI=1S/C17H16N2O6S/c1-26-18-13-7-6-11(19(23)24)10-16(13)25-15-5-3-2-4-12(15)14(20)8-9-17(21)22/h2-7,10,18H,8-9H2,1H3,(H,21,22). The van der Waals surface area contributed by atoms with Gasteiger partial charge < -0.3 is 14.6 Å². The first-order valence-corrected chi connectivity index (χ1v) is 8.74. The van der Waals surface area contributed by atoms with E-state index in [-0.39, 0.29) is 41.4 Å². The second-order valence-corrected chi connectivity index (χ2v) is 5.77. The number of anilines is 1. The van der Waals surface area contributed by atoms with Gasteiger partial charge in [0.2, 0.25) is 0 Å². The molecule has 0 heterocycles. The Balaban J connectivity index is 2.36. The Bertz CT molecular complexity index is 840. The minimum absolute atomic E-state index is 0.152. The molecule has 0 amide bonds. The van der Waals surface area contributed by atoms with Gasteiger partial charge in [0.05, 0.1) is 28.7 Å². The van der Waals surface area contributed by atoms with Crippen LogP contribution in [0.5, 0.6) is 11.5 Å². The molecule has 26 heavy (non-hydrogen) atoms. The minimum atomic E-state index is -1.07. The molecule has 0 saturated carbocycles. The third-order valence-corrected chi connectivity index (χ3v) is 3.79. The zero-order valence-corrected chi connectivity index (χ0v) is 14.6. The predicted octanol–water partition coefficient (Wildman–Crippen LogP) is 4.12. The lowest BCUT2D eigenvalue weighted by molar-refractivity contribution is -0.384. The maximum absolute atomic E-state index is 12.3. The van der Waals surface area contributed by atoms with Crippen molar-refractivity contribution in [2.24, 2.45) is 0 Å². The molecule has 0 radical (unpaired) electrons. The Hall–Kier alpha value is -3.07. The lowest BCUT2D eigenvalue weighted by atomic mass is 10.1. The lowest BCUT2D eigenvalue weighted by Gasteiger charge is -2.14. The molecule has 0 atom stereocenters. The number of carbonyl (C=O) groups excluding carboxylic acids is 1. The predicted molar refractivity (Wildman–Crippen MR) is 98.0 cm³/mol. The van der Waals surface area contributed by atoms with Gasteiger partial charge in [-0.1, -0.05) is 24.1 Å². The lowest BCUT2D eigenvalue weighted by Crippen LogP contribution is -2.05. The van der Waals surface area contributed by atoms with E-state index in [1.54, 1.807) is 24.5 Å². The summed E-state index contributed by atoms with van der Waals surface area (Å²) in [6, 6.07) is 10.5. The summed E-state index contributed by atoms with van der Waals surface area (Å²) in [5.74, 6) is -1.06. The van der Waals surface area contributed by atoms with E-state index in [1.807, 2.05) is 0 Å². The largest absolute Gasteiger partial charge is 0.481 e. The van der Waals surface area contributed by atoms with Crippen LogP contribution in [0.3, 0.4) is 0 Å². The van der Waals surface area contributed by atoms with Gasteiger partial charge in [-0.3, -0.25) is 19.7 Å². The fourth-order valence-corrected chi connectivity index (χ4v) is 2.55. The molecule has 0 aliphatic rings. The molecule has 0 aliphatic carbocycles. The Morgan fingerprint density at radius 3 is 2.58 bits per heavy atom. The van der Waals surface area contributed by atoms with E-state index in [1.165, 1.54) is 36.2 Å². The van der Waals surface area contributed by atoms with Gasteiger partial charge in [0.25, 0.3) is 5.69 Å². The van der Waals surface area contributed by atoms with E-state index < -0.39 is 10.9 Å². The molecule has 0 bridgehead atoms. The van der Waals surface area contributed by atoms with Crippen molar-refractivity contribution in [3.05, 3.63) is 58.1 Å². The number of rotatable bonds is 9. The number of ketones is 1. The Morgan fingerprint density at radius 2 is 1.92 bits per heavy atom. The van der Waals surface area contributed by atoms with Crippen molar-refractivity contribution in [2.75, 3.05) is 11.0 Å². The molecule has 0 aliphatic heterocycles. The SMILES string of the molecule is CSNc1ccc([N+](=O)[O-])cc1Oc1ccccc1C(=O)CCC(=O)O. The molecule has 136 valence electrons. The number of ether oxygens (including phenoxy) is 1. The summed E-state index contributed by atoms with van der Waals surface area (Å²) in [4.78, 5) is 33.4. The highest BCUT2D eigenvalue weighted by atomic mass is 32.2. The van der Waals surface area contributed by atoms with Gasteiger partial charge in [-0.15, -0.1) is 0 Å². The average Bonchev–Trinajstić information content (AvgIpc) is 2.61. The zero-order chi connectivity index (χ0) is 19.1. The van der Waals surface area contributed by atoms with Crippen LogP contribution in [0.25, 0.3) is 0 Å². The summed E-state index contributed by atoms with van der Waals surface area (Å²) >= 11 is 1.28. The van der Waals surface area contributed by atoms with Crippen LogP contribution in [0.4, 0.5) is 11.4 Å². The maximum atomic E-state index is 12.3. The third-order valence-electron chi connectivity index (χ3n) is 3.36. The van der Waals surface area contributed by atoms with Crippen LogP contribution in [0, 0.1) is 10.1 Å². The van der Waals surface area contributed by atoms with Crippen LogP contribution < -0.4 is 9.46 Å². The first kappa shape index (κ1) is 19.3. The fraction of sp³-hybridized carbons (Fsp3) is 0.176. The Labute approximate surface area is 153 Å². The number of hydrogen-bond acceptors (Lipinski definition) is 7. The van der Waals surface area contributed by atoms with Gasteiger partial charge in [0.15, 0.2) is 11.5 Å².